The second-order valence-corrected chi connectivity index (χ2v) is 15.4. The molecule has 3 aliphatic heterocycles. The van der Waals surface area contributed by atoms with Gasteiger partial charge in [0.05, 0.1) is 0 Å². The predicted octanol–water partition coefficient (Wildman–Crippen LogP) is 10.8. The van der Waals surface area contributed by atoms with Crippen LogP contribution in [0.15, 0.2) is 115 Å². The van der Waals surface area contributed by atoms with Gasteiger partial charge in [0, 0.05) is 50.0 Å². The molecule has 0 fully saturated rings. The van der Waals surface area contributed by atoms with Gasteiger partial charge in [0.2, 0.25) is 0 Å². The Morgan fingerprint density at radius 3 is 1.87 bits per heavy atom. The molecule has 0 N–H and O–H groups in total. The summed E-state index contributed by atoms with van der Waals surface area (Å²) < 4.78 is 2.49. The molecular formula is C46H39N5Pt. The number of rotatable bonds is 3. The van der Waals surface area contributed by atoms with Crippen LogP contribution in [0.3, 0.4) is 0 Å². The molecular weight excluding hydrogens is 818 g/mol. The summed E-state index contributed by atoms with van der Waals surface area (Å²) in [6.07, 6.45) is 0. The maximum absolute atomic E-state index is 4.04. The second kappa shape index (κ2) is 11.5. The summed E-state index contributed by atoms with van der Waals surface area (Å²) in [7, 11) is 4.21. The molecule has 1 unspecified atom stereocenters. The number of benzene rings is 6. The molecule has 52 heavy (non-hydrogen) atoms. The SMILES string of the molecule is CN1[CH-]N(c2[c-]c(C3(C)c4[c-]c(N5[CH-]N(C)c6ccccc65)ccc4-n4c5ccc(C(C)(C)C)cc5c5cccc3c54)ccc2)c2ccccc21.[Pt+4]. The molecule has 0 aliphatic carbocycles. The van der Waals surface area contributed by atoms with E-state index in [1.54, 1.807) is 0 Å². The Bertz CT molecular complexity index is 2560. The first kappa shape index (κ1) is 32.9. The monoisotopic (exact) mass is 856 g/mol. The summed E-state index contributed by atoms with van der Waals surface area (Å²) in [4.78, 5) is 8.89. The Labute approximate surface area is 321 Å². The van der Waals surface area contributed by atoms with Gasteiger partial charge >= 0.3 is 21.1 Å². The Kier molecular flexibility index (Phi) is 7.28. The van der Waals surface area contributed by atoms with Gasteiger partial charge in [0.1, 0.15) is 0 Å². The van der Waals surface area contributed by atoms with Crippen LogP contribution in [-0.4, -0.2) is 18.7 Å². The van der Waals surface area contributed by atoms with Gasteiger partial charge in [0.15, 0.2) is 0 Å². The van der Waals surface area contributed by atoms with Crippen molar-refractivity contribution >= 4 is 55.9 Å². The summed E-state index contributed by atoms with van der Waals surface area (Å²) in [5.74, 6) is 0. The van der Waals surface area contributed by atoms with Crippen LogP contribution in [0.4, 0.5) is 34.1 Å². The molecule has 1 aromatic heterocycles. The van der Waals surface area contributed by atoms with E-state index in [0.29, 0.717) is 0 Å². The summed E-state index contributed by atoms with van der Waals surface area (Å²) >= 11 is 0. The van der Waals surface area contributed by atoms with Crippen LogP contribution >= 0.6 is 0 Å². The quantitative estimate of drug-likeness (QED) is 0.165. The van der Waals surface area contributed by atoms with Gasteiger partial charge in [-0.05, 0) is 67.0 Å². The fourth-order valence-corrected chi connectivity index (χ4v) is 8.59. The molecule has 0 saturated heterocycles. The fourth-order valence-electron chi connectivity index (χ4n) is 8.59. The van der Waals surface area contributed by atoms with Crippen molar-refractivity contribution in [2.45, 2.75) is 38.5 Å². The van der Waals surface area contributed by atoms with Crippen LogP contribution in [0.1, 0.15) is 49.9 Å². The van der Waals surface area contributed by atoms with Gasteiger partial charge in [-0.2, -0.15) is 43.7 Å². The van der Waals surface area contributed by atoms with Crippen molar-refractivity contribution in [3.05, 3.63) is 163 Å². The Hall–Kier alpha value is -4.99. The zero-order valence-corrected chi connectivity index (χ0v) is 32.4. The van der Waals surface area contributed by atoms with Crippen LogP contribution in [-0.2, 0) is 31.9 Å². The molecule has 5 nitrogen and oxygen atoms in total. The molecule has 258 valence electrons. The number of anilines is 6. The number of fused-ring (bicyclic) bond motifs is 7. The van der Waals surface area contributed by atoms with Gasteiger partial charge in [-0.15, -0.1) is 34.6 Å². The van der Waals surface area contributed by atoms with Crippen molar-refractivity contribution in [1.82, 2.24) is 4.57 Å². The standard InChI is InChI=1S/C46H39N5.Pt/c1-45(2,3)30-21-23-38-35(26-30)34-15-12-16-36-44(34)51(38)39-24-22-33(50-29-48(6)41-18-8-10-20-43(41)50)27-37(39)46(36,4)31-13-11-14-32(25-31)49-28-47(5)40-17-7-9-19-42(40)49;/h7-24,26,28-29H,1-6H3;/q-4;+4. The Morgan fingerprint density at radius 2 is 1.21 bits per heavy atom. The molecule has 0 amide bonds. The smallest absolute Gasteiger partial charge is 0.504 e. The summed E-state index contributed by atoms with van der Waals surface area (Å²) in [5.41, 5.74) is 14.6. The minimum Gasteiger partial charge on any atom is -0.504 e. The van der Waals surface area contributed by atoms with Crippen LogP contribution in [0.25, 0.3) is 27.5 Å². The van der Waals surface area contributed by atoms with Crippen LogP contribution in [0.5, 0.6) is 0 Å². The van der Waals surface area contributed by atoms with E-state index in [1.165, 1.54) is 44.3 Å². The summed E-state index contributed by atoms with van der Waals surface area (Å²) in [6, 6.07) is 50.1. The minimum absolute atomic E-state index is 0. The number of nitrogens with zero attached hydrogens (tertiary/aromatic N) is 5. The zero-order valence-electron chi connectivity index (χ0n) is 30.2. The normalized spacial score (nSPS) is 17.4. The summed E-state index contributed by atoms with van der Waals surface area (Å²) in [5, 5.41) is 2.56. The molecule has 0 saturated carbocycles. The fraction of sp³-hybridized carbons (Fsp3) is 0.174. The summed E-state index contributed by atoms with van der Waals surface area (Å²) in [6.45, 7) is 13.6. The third-order valence-corrected chi connectivity index (χ3v) is 11.3. The van der Waals surface area contributed by atoms with Crippen LogP contribution < -0.4 is 19.6 Å². The van der Waals surface area contributed by atoms with E-state index in [-0.39, 0.29) is 26.5 Å². The van der Waals surface area contributed by atoms with E-state index in [0.717, 1.165) is 39.6 Å². The molecule has 4 heterocycles. The molecule has 0 radical (unpaired) electrons. The Morgan fingerprint density at radius 1 is 0.596 bits per heavy atom. The van der Waals surface area contributed by atoms with E-state index >= 15 is 0 Å². The van der Waals surface area contributed by atoms with Gasteiger partial charge in [-0.3, -0.25) is 0 Å². The molecule has 10 rings (SSSR count). The molecule has 0 bridgehead atoms. The molecule has 3 aliphatic rings. The van der Waals surface area contributed by atoms with E-state index in [2.05, 4.69) is 207 Å². The van der Waals surface area contributed by atoms with Crippen LogP contribution in [0.2, 0.25) is 0 Å². The van der Waals surface area contributed by atoms with Crippen molar-refractivity contribution in [1.29, 1.82) is 0 Å². The van der Waals surface area contributed by atoms with E-state index in [4.69, 9.17) is 0 Å². The Balaban J connectivity index is 0.00000360. The zero-order chi connectivity index (χ0) is 34.8. The first-order valence-electron chi connectivity index (χ1n) is 17.7. The average molecular weight is 857 g/mol. The van der Waals surface area contributed by atoms with Crippen molar-refractivity contribution in [2.75, 3.05) is 33.7 Å². The number of hydrogen-bond acceptors (Lipinski definition) is 4. The van der Waals surface area contributed by atoms with E-state index < -0.39 is 5.41 Å². The average Bonchev–Trinajstić information content (AvgIpc) is 3.79. The van der Waals surface area contributed by atoms with E-state index in [9.17, 15) is 0 Å². The van der Waals surface area contributed by atoms with Gasteiger partial charge in [0.25, 0.3) is 0 Å². The van der Waals surface area contributed by atoms with Crippen molar-refractivity contribution in [2.24, 2.45) is 0 Å². The van der Waals surface area contributed by atoms with E-state index in [1.807, 2.05) is 0 Å². The molecule has 0 spiro atoms. The van der Waals surface area contributed by atoms with Gasteiger partial charge in [-0.1, -0.05) is 81.9 Å². The topological polar surface area (TPSA) is 17.9 Å². The number of hydrogen-bond donors (Lipinski definition) is 0. The maximum Gasteiger partial charge on any atom is 4.00 e. The van der Waals surface area contributed by atoms with Gasteiger partial charge in [-0.25, -0.2) is 0 Å². The maximum atomic E-state index is 4.04. The third-order valence-electron chi connectivity index (χ3n) is 11.3. The largest absolute Gasteiger partial charge is 4.00 e. The first-order valence-corrected chi connectivity index (χ1v) is 17.7. The van der Waals surface area contributed by atoms with Crippen molar-refractivity contribution in [3.8, 4) is 5.69 Å². The molecule has 6 aromatic carbocycles. The minimum atomic E-state index is -0.561. The second-order valence-electron chi connectivity index (χ2n) is 15.4. The van der Waals surface area contributed by atoms with Crippen LogP contribution in [0, 0.1) is 25.5 Å². The number of aromatic nitrogens is 1. The van der Waals surface area contributed by atoms with Crippen molar-refractivity contribution < 1.29 is 21.1 Å². The van der Waals surface area contributed by atoms with Gasteiger partial charge < -0.3 is 24.2 Å². The molecule has 6 heteroatoms. The molecule has 7 aromatic rings. The third kappa shape index (κ3) is 4.51. The predicted molar refractivity (Wildman–Crippen MR) is 212 cm³/mol. The molecule has 1 atom stereocenters. The number of para-hydroxylation sites is 5. The van der Waals surface area contributed by atoms with Crippen molar-refractivity contribution in [3.63, 3.8) is 0 Å². The first-order chi connectivity index (χ1) is 24.6.